The number of ether oxygens (including phenoxy) is 1. The van der Waals surface area contributed by atoms with Gasteiger partial charge < -0.3 is 10.1 Å². The Morgan fingerprint density at radius 1 is 1.29 bits per heavy atom. The number of methoxy groups -OCH3 is 1. The smallest absolute Gasteiger partial charge is 0.228 e. The van der Waals surface area contributed by atoms with Crippen molar-refractivity contribution in [3.8, 4) is 11.8 Å². The molecule has 0 spiro atoms. The molecule has 0 atom stereocenters. The maximum atomic E-state index is 12.2. The fourth-order valence-electron chi connectivity index (χ4n) is 2.10. The van der Waals surface area contributed by atoms with Crippen LogP contribution in [0.15, 0.2) is 42.5 Å². The highest BCUT2D eigenvalue weighted by molar-refractivity contribution is 5.93. The van der Waals surface area contributed by atoms with Crippen molar-refractivity contribution in [3.05, 3.63) is 59.2 Å². The minimum Gasteiger partial charge on any atom is -0.496 e. The third-order valence-electron chi connectivity index (χ3n) is 3.11. The summed E-state index contributed by atoms with van der Waals surface area (Å²) in [5.41, 5.74) is 2.86. The molecule has 0 aliphatic carbocycles. The van der Waals surface area contributed by atoms with Crippen LogP contribution in [-0.4, -0.2) is 13.0 Å². The number of hydrogen-bond donors (Lipinski definition) is 1. The summed E-state index contributed by atoms with van der Waals surface area (Å²) in [6, 6.07) is 14.7. The minimum atomic E-state index is -0.179. The van der Waals surface area contributed by atoms with E-state index in [1.54, 1.807) is 31.4 Å². The molecule has 4 heteroatoms. The van der Waals surface area contributed by atoms with Gasteiger partial charge in [-0.3, -0.25) is 4.79 Å². The van der Waals surface area contributed by atoms with E-state index in [9.17, 15) is 4.79 Å². The van der Waals surface area contributed by atoms with Crippen LogP contribution in [0.5, 0.6) is 5.75 Å². The van der Waals surface area contributed by atoms with E-state index in [4.69, 9.17) is 10.00 Å². The van der Waals surface area contributed by atoms with E-state index in [1.807, 2.05) is 25.1 Å². The van der Waals surface area contributed by atoms with Crippen molar-refractivity contribution < 1.29 is 9.53 Å². The number of carbonyl (C=O) groups is 1. The Balaban J connectivity index is 2.16. The number of hydrogen-bond acceptors (Lipinski definition) is 3. The molecule has 2 aromatic carbocycles. The first-order chi connectivity index (χ1) is 10.1. The molecule has 0 bridgehead atoms. The van der Waals surface area contributed by atoms with Crippen molar-refractivity contribution in [2.75, 3.05) is 12.4 Å². The lowest BCUT2D eigenvalue weighted by Crippen LogP contribution is -2.15. The Bertz CT molecular complexity index is 702. The van der Waals surface area contributed by atoms with Gasteiger partial charge in [-0.2, -0.15) is 5.26 Å². The normalized spacial score (nSPS) is 9.76. The predicted octanol–water partition coefficient (Wildman–Crippen LogP) is 3.06. The van der Waals surface area contributed by atoms with Gasteiger partial charge in [0.1, 0.15) is 11.8 Å². The van der Waals surface area contributed by atoms with Crippen LogP contribution in [-0.2, 0) is 11.2 Å². The molecule has 0 aliphatic rings. The monoisotopic (exact) mass is 280 g/mol. The summed E-state index contributed by atoms with van der Waals surface area (Å²) in [7, 11) is 1.58. The second-order valence-electron chi connectivity index (χ2n) is 4.70. The number of amides is 1. The summed E-state index contributed by atoms with van der Waals surface area (Å²) < 4.78 is 5.26. The van der Waals surface area contributed by atoms with Crippen LogP contribution < -0.4 is 10.1 Å². The van der Waals surface area contributed by atoms with Gasteiger partial charge in [0, 0.05) is 5.56 Å². The van der Waals surface area contributed by atoms with E-state index in [0.29, 0.717) is 17.0 Å². The zero-order valence-corrected chi connectivity index (χ0v) is 12.0. The molecule has 0 saturated carbocycles. The fourth-order valence-corrected chi connectivity index (χ4v) is 2.10. The van der Waals surface area contributed by atoms with Gasteiger partial charge in [0.2, 0.25) is 5.91 Å². The number of aryl methyl sites for hydroxylation is 1. The largest absolute Gasteiger partial charge is 0.496 e. The topological polar surface area (TPSA) is 62.1 Å². The lowest BCUT2D eigenvalue weighted by Gasteiger charge is -2.10. The number of nitrogens with one attached hydrogen (secondary N) is 1. The van der Waals surface area contributed by atoms with Crippen LogP contribution in [0.25, 0.3) is 0 Å². The highest BCUT2D eigenvalue weighted by Gasteiger charge is 2.11. The van der Waals surface area contributed by atoms with E-state index in [-0.39, 0.29) is 12.3 Å². The average molecular weight is 280 g/mol. The van der Waals surface area contributed by atoms with Crippen LogP contribution in [0.3, 0.4) is 0 Å². The van der Waals surface area contributed by atoms with Crippen molar-refractivity contribution in [3.63, 3.8) is 0 Å². The van der Waals surface area contributed by atoms with Gasteiger partial charge >= 0.3 is 0 Å². The Kier molecular flexibility index (Phi) is 4.57. The molecule has 0 unspecified atom stereocenters. The summed E-state index contributed by atoms with van der Waals surface area (Å²) in [5.74, 6) is 0.505. The van der Waals surface area contributed by atoms with Gasteiger partial charge in [-0.05, 0) is 25.1 Å². The van der Waals surface area contributed by atoms with Crippen molar-refractivity contribution in [1.82, 2.24) is 0 Å². The Labute approximate surface area is 124 Å². The van der Waals surface area contributed by atoms with E-state index >= 15 is 0 Å². The van der Waals surface area contributed by atoms with E-state index in [0.717, 1.165) is 11.1 Å². The van der Waals surface area contributed by atoms with Crippen molar-refractivity contribution >= 4 is 11.6 Å². The fraction of sp³-hybridized carbons (Fsp3) is 0.176. The molecule has 2 aromatic rings. The number of benzene rings is 2. The summed E-state index contributed by atoms with van der Waals surface area (Å²) in [5, 5.41) is 11.8. The van der Waals surface area contributed by atoms with E-state index in [1.165, 1.54) is 0 Å². The molecular weight excluding hydrogens is 264 g/mol. The van der Waals surface area contributed by atoms with Gasteiger partial charge in [-0.25, -0.2) is 0 Å². The second kappa shape index (κ2) is 6.58. The molecule has 0 saturated heterocycles. The molecular formula is C17H16N2O2. The van der Waals surface area contributed by atoms with Gasteiger partial charge in [0.05, 0.1) is 24.8 Å². The number of nitrogens with zero attached hydrogens (tertiary/aromatic N) is 1. The molecule has 0 heterocycles. The first-order valence-electron chi connectivity index (χ1n) is 6.56. The molecule has 106 valence electrons. The van der Waals surface area contributed by atoms with Crippen LogP contribution >= 0.6 is 0 Å². The second-order valence-corrected chi connectivity index (χ2v) is 4.70. The highest BCUT2D eigenvalue weighted by atomic mass is 16.5. The van der Waals surface area contributed by atoms with Crippen LogP contribution in [0, 0.1) is 18.3 Å². The number of anilines is 1. The van der Waals surface area contributed by atoms with Crippen LogP contribution in [0.1, 0.15) is 16.7 Å². The summed E-state index contributed by atoms with van der Waals surface area (Å²) in [6.45, 7) is 1.96. The zero-order valence-electron chi connectivity index (χ0n) is 12.0. The number of carbonyl (C=O) groups excluding carboxylic acids is 1. The minimum absolute atomic E-state index is 0.179. The Morgan fingerprint density at radius 3 is 2.76 bits per heavy atom. The van der Waals surface area contributed by atoms with E-state index < -0.39 is 0 Å². The van der Waals surface area contributed by atoms with Crippen molar-refractivity contribution in [1.29, 1.82) is 5.26 Å². The Morgan fingerprint density at radius 2 is 2.05 bits per heavy atom. The van der Waals surface area contributed by atoms with Crippen LogP contribution in [0.2, 0.25) is 0 Å². The lowest BCUT2D eigenvalue weighted by atomic mass is 10.1. The molecule has 2 rings (SSSR count). The quantitative estimate of drug-likeness (QED) is 0.936. The summed E-state index contributed by atoms with van der Waals surface area (Å²) >= 11 is 0. The lowest BCUT2D eigenvalue weighted by molar-refractivity contribution is -0.115. The maximum absolute atomic E-state index is 12.2. The molecule has 0 aliphatic heterocycles. The van der Waals surface area contributed by atoms with Gasteiger partial charge in [0.25, 0.3) is 0 Å². The number of para-hydroxylation sites is 1. The molecule has 1 amide bonds. The van der Waals surface area contributed by atoms with Gasteiger partial charge in [-0.15, -0.1) is 0 Å². The van der Waals surface area contributed by atoms with Crippen molar-refractivity contribution in [2.24, 2.45) is 0 Å². The molecule has 0 aromatic heterocycles. The highest BCUT2D eigenvalue weighted by Crippen LogP contribution is 2.21. The summed E-state index contributed by atoms with van der Waals surface area (Å²) in [6.07, 6.45) is 0.199. The van der Waals surface area contributed by atoms with Gasteiger partial charge in [-0.1, -0.05) is 29.8 Å². The number of rotatable bonds is 4. The summed E-state index contributed by atoms with van der Waals surface area (Å²) in [4.78, 5) is 12.2. The number of nitriles is 1. The molecule has 0 fully saturated rings. The van der Waals surface area contributed by atoms with E-state index in [2.05, 4.69) is 11.4 Å². The predicted molar refractivity (Wildman–Crippen MR) is 81.2 cm³/mol. The zero-order chi connectivity index (χ0) is 15.2. The SMILES string of the molecule is COc1ccc(C)cc1CC(=O)Nc1ccccc1C#N. The third kappa shape index (κ3) is 3.61. The Hall–Kier alpha value is -2.80. The molecule has 4 nitrogen and oxygen atoms in total. The molecule has 1 N–H and O–H groups in total. The van der Waals surface area contributed by atoms with Crippen LogP contribution in [0.4, 0.5) is 5.69 Å². The first-order valence-corrected chi connectivity index (χ1v) is 6.56. The third-order valence-corrected chi connectivity index (χ3v) is 3.11. The van der Waals surface area contributed by atoms with Gasteiger partial charge in [0.15, 0.2) is 0 Å². The first kappa shape index (κ1) is 14.6. The maximum Gasteiger partial charge on any atom is 0.228 e. The molecule has 21 heavy (non-hydrogen) atoms. The molecule has 0 radical (unpaired) electrons. The van der Waals surface area contributed by atoms with Crippen molar-refractivity contribution in [2.45, 2.75) is 13.3 Å². The average Bonchev–Trinajstić information content (AvgIpc) is 2.48. The standard InChI is InChI=1S/C17H16N2O2/c1-12-7-8-16(21-2)14(9-12)10-17(20)19-15-6-4-3-5-13(15)11-18/h3-9H,10H2,1-2H3,(H,19,20).